The maximum atomic E-state index is 5.24. The summed E-state index contributed by atoms with van der Waals surface area (Å²) in [6.07, 6.45) is 3.18. The summed E-state index contributed by atoms with van der Waals surface area (Å²) < 4.78 is 5.24. The number of likely N-dealkylation sites (N-methyl/N-ethyl adjacent to an activating group) is 1. The lowest BCUT2D eigenvalue weighted by Gasteiger charge is -2.34. The van der Waals surface area contributed by atoms with Gasteiger partial charge in [-0.05, 0) is 40.0 Å². The Balaban J connectivity index is 1.72. The fourth-order valence-electron chi connectivity index (χ4n) is 2.08. The second-order valence-corrected chi connectivity index (χ2v) is 4.43. The average molecular weight is 184 g/mol. The lowest BCUT2D eigenvalue weighted by atomic mass is 10.0. The molecule has 0 bridgehead atoms. The molecule has 0 saturated carbocycles. The maximum Gasteiger partial charge on any atom is 0.0936 e. The molecule has 0 aliphatic carbocycles. The molecule has 0 spiro atoms. The molecule has 0 aromatic carbocycles. The molecule has 0 N–H and O–H groups in total. The highest BCUT2D eigenvalue weighted by molar-refractivity contribution is 4.81. The minimum absolute atomic E-state index is 0.546. The summed E-state index contributed by atoms with van der Waals surface area (Å²) in [5.41, 5.74) is 0. The van der Waals surface area contributed by atoms with Crippen molar-refractivity contribution in [3.05, 3.63) is 0 Å². The number of hydrogen-bond donors (Lipinski definition) is 0. The Labute approximate surface area is 80.6 Å². The zero-order valence-corrected chi connectivity index (χ0v) is 8.70. The second kappa shape index (κ2) is 3.95. The van der Waals surface area contributed by atoms with Crippen LogP contribution in [0.25, 0.3) is 0 Å². The maximum absolute atomic E-state index is 5.24. The van der Waals surface area contributed by atoms with E-state index in [1.807, 2.05) is 0 Å². The summed E-state index contributed by atoms with van der Waals surface area (Å²) in [4.78, 5) is 4.89. The molecule has 13 heavy (non-hydrogen) atoms. The van der Waals surface area contributed by atoms with Crippen LogP contribution in [0.3, 0.4) is 0 Å². The van der Waals surface area contributed by atoms with E-state index in [2.05, 4.69) is 23.9 Å². The van der Waals surface area contributed by atoms with Gasteiger partial charge in [-0.15, -0.1) is 0 Å². The first kappa shape index (κ1) is 9.44. The van der Waals surface area contributed by atoms with Gasteiger partial charge in [-0.2, -0.15) is 0 Å². The summed E-state index contributed by atoms with van der Waals surface area (Å²) in [5.74, 6) is 0. The third-order valence-corrected chi connectivity index (χ3v) is 3.21. The van der Waals surface area contributed by atoms with Gasteiger partial charge in [-0.25, -0.2) is 0 Å². The number of piperidine rings is 1. The van der Waals surface area contributed by atoms with E-state index in [0.717, 1.165) is 19.2 Å². The highest BCUT2D eigenvalue weighted by Crippen LogP contribution is 2.17. The van der Waals surface area contributed by atoms with Crippen LogP contribution in [0, 0.1) is 0 Å². The van der Waals surface area contributed by atoms with Gasteiger partial charge in [-0.1, -0.05) is 0 Å². The third-order valence-electron chi connectivity index (χ3n) is 3.21. The topological polar surface area (TPSA) is 19.0 Å². The SMILES string of the molecule is CN1CCC(N(C)CC2CO2)CC1. The van der Waals surface area contributed by atoms with Gasteiger partial charge in [0, 0.05) is 12.6 Å². The third kappa shape index (κ3) is 2.66. The number of rotatable bonds is 3. The lowest BCUT2D eigenvalue weighted by Crippen LogP contribution is -2.43. The van der Waals surface area contributed by atoms with Gasteiger partial charge in [0.2, 0.25) is 0 Å². The monoisotopic (exact) mass is 184 g/mol. The van der Waals surface area contributed by atoms with Crippen LogP contribution in [0.15, 0.2) is 0 Å². The molecule has 0 aromatic heterocycles. The Morgan fingerprint density at radius 2 is 2.00 bits per heavy atom. The van der Waals surface area contributed by atoms with Gasteiger partial charge >= 0.3 is 0 Å². The van der Waals surface area contributed by atoms with E-state index in [0.29, 0.717) is 6.10 Å². The molecule has 2 heterocycles. The zero-order valence-electron chi connectivity index (χ0n) is 8.70. The minimum Gasteiger partial charge on any atom is -0.372 e. The molecule has 2 fully saturated rings. The van der Waals surface area contributed by atoms with Crippen LogP contribution < -0.4 is 0 Å². The number of ether oxygens (including phenoxy) is 1. The van der Waals surface area contributed by atoms with E-state index in [9.17, 15) is 0 Å². The fraction of sp³-hybridized carbons (Fsp3) is 1.00. The summed E-state index contributed by atoms with van der Waals surface area (Å²) >= 11 is 0. The van der Waals surface area contributed by atoms with Gasteiger partial charge < -0.3 is 14.5 Å². The molecular weight excluding hydrogens is 164 g/mol. The summed E-state index contributed by atoms with van der Waals surface area (Å²) in [7, 11) is 4.44. The summed E-state index contributed by atoms with van der Waals surface area (Å²) in [6, 6.07) is 0.792. The first-order valence-electron chi connectivity index (χ1n) is 5.26. The fourth-order valence-corrected chi connectivity index (χ4v) is 2.08. The highest BCUT2D eigenvalue weighted by Gasteiger charge is 2.28. The van der Waals surface area contributed by atoms with E-state index < -0.39 is 0 Å². The highest BCUT2D eigenvalue weighted by atomic mass is 16.6. The van der Waals surface area contributed by atoms with Crippen molar-refractivity contribution in [1.82, 2.24) is 9.80 Å². The summed E-state index contributed by atoms with van der Waals surface area (Å²) in [5, 5.41) is 0. The van der Waals surface area contributed by atoms with Crippen molar-refractivity contribution in [3.8, 4) is 0 Å². The number of epoxide rings is 1. The lowest BCUT2D eigenvalue weighted by molar-refractivity contribution is 0.136. The van der Waals surface area contributed by atoms with Gasteiger partial charge in [0.05, 0.1) is 12.7 Å². The zero-order chi connectivity index (χ0) is 9.26. The number of nitrogens with zero attached hydrogens (tertiary/aromatic N) is 2. The molecular formula is C10H20N2O. The molecule has 2 saturated heterocycles. The average Bonchev–Trinajstić information content (AvgIpc) is 2.89. The molecule has 0 radical (unpaired) electrons. The molecule has 1 unspecified atom stereocenters. The van der Waals surface area contributed by atoms with Crippen LogP contribution >= 0.6 is 0 Å². The van der Waals surface area contributed by atoms with Crippen molar-refractivity contribution < 1.29 is 4.74 Å². The standard InChI is InChI=1S/C10H20N2O/c1-11-5-3-9(4-6-11)12(2)7-10-8-13-10/h9-10H,3-8H2,1-2H3. The normalized spacial score (nSPS) is 31.2. The van der Waals surface area contributed by atoms with E-state index in [-0.39, 0.29) is 0 Å². The van der Waals surface area contributed by atoms with Crippen LogP contribution in [0.4, 0.5) is 0 Å². The van der Waals surface area contributed by atoms with E-state index in [4.69, 9.17) is 4.74 Å². The molecule has 3 heteroatoms. The van der Waals surface area contributed by atoms with Crippen LogP contribution in [0.5, 0.6) is 0 Å². The Hall–Kier alpha value is -0.120. The van der Waals surface area contributed by atoms with Gasteiger partial charge in [0.25, 0.3) is 0 Å². The quantitative estimate of drug-likeness (QED) is 0.592. The molecule has 2 aliphatic heterocycles. The first-order valence-corrected chi connectivity index (χ1v) is 5.26. The van der Waals surface area contributed by atoms with Crippen molar-refractivity contribution >= 4 is 0 Å². The molecule has 1 atom stereocenters. The van der Waals surface area contributed by atoms with Crippen molar-refractivity contribution in [2.45, 2.75) is 25.0 Å². The van der Waals surface area contributed by atoms with E-state index in [1.54, 1.807) is 0 Å². The van der Waals surface area contributed by atoms with Crippen LogP contribution in [0.1, 0.15) is 12.8 Å². The Morgan fingerprint density at radius 3 is 2.54 bits per heavy atom. The smallest absolute Gasteiger partial charge is 0.0936 e. The van der Waals surface area contributed by atoms with Crippen LogP contribution in [-0.4, -0.2) is 62.3 Å². The first-order chi connectivity index (χ1) is 6.25. The number of likely N-dealkylation sites (tertiary alicyclic amines) is 1. The van der Waals surface area contributed by atoms with Crippen molar-refractivity contribution in [2.24, 2.45) is 0 Å². The molecule has 76 valence electrons. The van der Waals surface area contributed by atoms with E-state index in [1.165, 1.54) is 25.9 Å². The van der Waals surface area contributed by atoms with Crippen LogP contribution in [0.2, 0.25) is 0 Å². The molecule has 3 nitrogen and oxygen atoms in total. The predicted octanol–water partition coefficient (Wildman–Crippen LogP) is 0.411. The molecule has 0 aromatic rings. The van der Waals surface area contributed by atoms with Gasteiger partial charge in [-0.3, -0.25) is 0 Å². The predicted molar refractivity (Wildman–Crippen MR) is 52.9 cm³/mol. The van der Waals surface area contributed by atoms with Gasteiger partial charge in [0.15, 0.2) is 0 Å². The van der Waals surface area contributed by atoms with E-state index >= 15 is 0 Å². The van der Waals surface area contributed by atoms with Crippen molar-refractivity contribution in [3.63, 3.8) is 0 Å². The molecule has 2 rings (SSSR count). The Bertz CT molecular complexity index is 162. The summed E-state index contributed by atoms with van der Waals surface area (Å²) in [6.45, 7) is 4.62. The van der Waals surface area contributed by atoms with Gasteiger partial charge in [0.1, 0.15) is 0 Å². The minimum atomic E-state index is 0.546. The molecule has 2 aliphatic rings. The molecule has 0 amide bonds. The van der Waals surface area contributed by atoms with Crippen molar-refractivity contribution in [2.75, 3.05) is 40.3 Å². The number of hydrogen-bond acceptors (Lipinski definition) is 3. The van der Waals surface area contributed by atoms with Crippen LogP contribution in [-0.2, 0) is 4.74 Å². The van der Waals surface area contributed by atoms with Crippen molar-refractivity contribution in [1.29, 1.82) is 0 Å². The largest absolute Gasteiger partial charge is 0.372 e. The Kier molecular flexibility index (Phi) is 2.86. The second-order valence-electron chi connectivity index (χ2n) is 4.43. The Morgan fingerprint density at radius 1 is 1.38 bits per heavy atom.